The molecule has 0 aliphatic carbocycles. The first kappa shape index (κ1) is 11.0. The maximum Gasteiger partial charge on any atom is 0.123 e. The molecule has 1 rings (SSSR count). The number of benzene rings is 1. The van der Waals surface area contributed by atoms with Crippen molar-refractivity contribution in [3.05, 3.63) is 29.6 Å². The van der Waals surface area contributed by atoms with Crippen LogP contribution in [0, 0.1) is 5.82 Å². The number of hydrogen-bond acceptors (Lipinski definition) is 2. The van der Waals surface area contributed by atoms with E-state index in [1.54, 1.807) is 0 Å². The van der Waals surface area contributed by atoms with Gasteiger partial charge in [0.15, 0.2) is 0 Å². The van der Waals surface area contributed by atoms with Crippen LogP contribution in [0.5, 0.6) is 0 Å². The second-order valence-electron chi connectivity index (χ2n) is 3.47. The lowest BCUT2D eigenvalue weighted by Gasteiger charge is -2.27. The summed E-state index contributed by atoms with van der Waals surface area (Å²) in [4.78, 5) is 0. The Hall–Kier alpha value is -1.09. The van der Waals surface area contributed by atoms with E-state index in [9.17, 15) is 9.50 Å². The van der Waals surface area contributed by atoms with Crippen LogP contribution in [0.4, 0.5) is 10.1 Å². The fourth-order valence-corrected chi connectivity index (χ4v) is 1.56. The van der Waals surface area contributed by atoms with E-state index in [2.05, 4.69) is 0 Å². The van der Waals surface area contributed by atoms with Crippen LogP contribution in [0.15, 0.2) is 18.2 Å². The first-order valence-corrected chi connectivity index (χ1v) is 4.81. The van der Waals surface area contributed by atoms with Crippen molar-refractivity contribution in [2.75, 3.05) is 5.73 Å². The third-order valence-corrected chi connectivity index (χ3v) is 2.69. The number of hydrogen-bond donors (Lipinski definition) is 2. The molecule has 3 heteroatoms. The summed E-state index contributed by atoms with van der Waals surface area (Å²) in [6.07, 6.45) is 1.05. The van der Waals surface area contributed by atoms with Crippen molar-refractivity contribution in [1.29, 1.82) is 0 Å². The molecule has 78 valence electrons. The van der Waals surface area contributed by atoms with Gasteiger partial charge in [-0.1, -0.05) is 13.8 Å². The fourth-order valence-electron chi connectivity index (χ4n) is 1.56. The van der Waals surface area contributed by atoms with Crippen LogP contribution in [-0.4, -0.2) is 5.11 Å². The lowest BCUT2D eigenvalue weighted by molar-refractivity contribution is 0.0288. The van der Waals surface area contributed by atoms with Crippen LogP contribution >= 0.6 is 0 Å². The van der Waals surface area contributed by atoms with Gasteiger partial charge in [0.25, 0.3) is 0 Å². The van der Waals surface area contributed by atoms with Crippen molar-refractivity contribution in [3.8, 4) is 0 Å². The topological polar surface area (TPSA) is 46.2 Å². The fraction of sp³-hybridized carbons (Fsp3) is 0.455. The van der Waals surface area contributed by atoms with Crippen molar-refractivity contribution in [2.45, 2.75) is 32.3 Å². The van der Waals surface area contributed by atoms with Crippen LogP contribution < -0.4 is 5.73 Å². The molecule has 0 amide bonds. The normalized spacial score (nSPS) is 11.7. The number of nitrogens with two attached hydrogens (primary N) is 1. The van der Waals surface area contributed by atoms with E-state index in [1.165, 1.54) is 18.2 Å². The summed E-state index contributed by atoms with van der Waals surface area (Å²) in [6, 6.07) is 4.09. The molecule has 0 aromatic heterocycles. The average Bonchev–Trinajstić information content (AvgIpc) is 2.20. The highest BCUT2D eigenvalue weighted by molar-refractivity contribution is 5.49. The first-order valence-electron chi connectivity index (χ1n) is 4.81. The second-order valence-corrected chi connectivity index (χ2v) is 3.47. The largest absolute Gasteiger partial charge is 0.398 e. The maximum atomic E-state index is 13.0. The van der Waals surface area contributed by atoms with Gasteiger partial charge in [-0.3, -0.25) is 0 Å². The minimum Gasteiger partial charge on any atom is -0.398 e. The Kier molecular flexibility index (Phi) is 3.11. The van der Waals surface area contributed by atoms with Gasteiger partial charge in [-0.15, -0.1) is 0 Å². The molecule has 0 aliphatic heterocycles. The Bertz CT molecular complexity index is 321. The van der Waals surface area contributed by atoms with Crippen molar-refractivity contribution in [1.82, 2.24) is 0 Å². The zero-order chi connectivity index (χ0) is 10.8. The van der Waals surface area contributed by atoms with E-state index in [0.29, 0.717) is 24.1 Å². The lowest BCUT2D eigenvalue weighted by atomic mass is 9.87. The molecular formula is C11H16FNO. The molecule has 1 aromatic carbocycles. The van der Waals surface area contributed by atoms with Crippen LogP contribution in [-0.2, 0) is 5.60 Å². The van der Waals surface area contributed by atoms with Gasteiger partial charge in [0, 0.05) is 11.3 Å². The summed E-state index contributed by atoms with van der Waals surface area (Å²) in [5.41, 5.74) is 5.62. The number of nitrogen functional groups attached to an aromatic ring is 1. The van der Waals surface area contributed by atoms with E-state index in [1.807, 2.05) is 13.8 Å². The van der Waals surface area contributed by atoms with Gasteiger partial charge in [-0.05, 0) is 31.0 Å². The minimum atomic E-state index is -1.01. The molecule has 0 atom stereocenters. The molecule has 0 aliphatic rings. The SMILES string of the molecule is CCC(O)(CC)c1cc(F)ccc1N. The Morgan fingerprint density at radius 3 is 2.43 bits per heavy atom. The summed E-state index contributed by atoms with van der Waals surface area (Å²) in [5.74, 6) is -0.366. The zero-order valence-electron chi connectivity index (χ0n) is 8.55. The van der Waals surface area contributed by atoms with E-state index in [-0.39, 0.29) is 5.82 Å². The van der Waals surface area contributed by atoms with Crippen LogP contribution in [0.3, 0.4) is 0 Å². The Morgan fingerprint density at radius 1 is 1.36 bits per heavy atom. The standard InChI is InChI=1S/C11H16FNO/c1-3-11(14,4-2)9-7-8(12)5-6-10(9)13/h5-7,14H,3-4,13H2,1-2H3. The van der Waals surface area contributed by atoms with Gasteiger partial charge < -0.3 is 10.8 Å². The Balaban J connectivity index is 3.22. The molecule has 0 bridgehead atoms. The van der Waals surface area contributed by atoms with E-state index in [0.717, 1.165) is 0 Å². The summed E-state index contributed by atoms with van der Waals surface area (Å²) >= 11 is 0. The number of halogens is 1. The van der Waals surface area contributed by atoms with Crippen molar-refractivity contribution >= 4 is 5.69 Å². The van der Waals surface area contributed by atoms with Gasteiger partial charge in [0.1, 0.15) is 5.82 Å². The highest BCUT2D eigenvalue weighted by atomic mass is 19.1. The molecule has 1 aromatic rings. The molecule has 0 radical (unpaired) electrons. The summed E-state index contributed by atoms with van der Waals surface area (Å²) in [6.45, 7) is 3.71. The lowest BCUT2D eigenvalue weighted by Crippen LogP contribution is -2.25. The molecule has 0 spiro atoms. The molecule has 0 saturated heterocycles. The molecule has 0 unspecified atom stereocenters. The smallest absolute Gasteiger partial charge is 0.123 e. The molecule has 0 fully saturated rings. The Labute approximate surface area is 83.6 Å². The van der Waals surface area contributed by atoms with Crippen LogP contribution in [0.1, 0.15) is 32.3 Å². The van der Waals surface area contributed by atoms with E-state index in [4.69, 9.17) is 5.73 Å². The third-order valence-electron chi connectivity index (χ3n) is 2.69. The number of aliphatic hydroxyl groups is 1. The van der Waals surface area contributed by atoms with Crippen molar-refractivity contribution in [2.24, 2.45) is 0 Å². The van der Waals surface area contributed by atoms with E-state index < -0.39 is 5.60 Å². The predicted molar refractivity (Wildman–Crippen MR) is 55.3 cm³/mol. The monoisotopic (exact) mass is 197 g/mol. The number of rotatable bonds is 3. The molecule has 3 N–H and O–H groups in total. The highest BCUT2D eigenvalue weighted by Crippen LogP contribution is 2.32. The van der Waals surface area contributed by atoms with Gasteiger partial charge >= 0.3 is 0 Å². The van der Waals surface area contributed by atoms with E-state index >= 15 is 0 Å². The second kappa shape index (κ2) is 3.96. The van der Waals surface area contributed by atoms with Gasteiger partial charge in [-0.25, -0.2) is 4.39 Å². The van der Waals surface area contributed by atoms with Crippen molar-refractivity contribution in [3.63, 3.8) is 0 Å². The predicted octanol–water partition coefficient (Wildman–Crippen LogP) is 2.42. The summed E-state index contributed by atoms with van der Waals surface area (Å²) in [5, 5.41) is 10.2. The number of anilines is 1. The molecule has 0 heterocycles. The first-order chi connectivity index (χ1) is 6.53. The maximum absolute atomic E-state index is 13.0. The quantitative estimate of drug-likeness (QED) is 0.731. The summed E-state index contributed by atoms with van der Waals surface area (Å²) < 4.78 is 13.0. The van der Waals surface area contributed by atoms with Crippen molar-refractivity contribution < 1.29 is 9.50 Å². The van der Waals surface area contributed by atoms with Crippen LogP contribution in [0.2, 0.25) is 0 Å². The highest BCUT2D eigenvalue weighted by Gasteiger charge is 2.27. The molecule has 0 saturated carbocycles. The molecule has 2 nitrogen and oxygen atoms in total. The van der Waals surface area contributed by atoms with Crippen LogP contribution in [0.25, 0.3) is 0 Å². The van der Waals surface area contributed by atoms with Gasteiger partial charge in [0.05, 0.1) is 5.60 Å². The van der Waals surface area contributed by atoms with Gasteiger partial charge in [-0.2, -0.15) is 0 Å². The zero-order valence-corrected chi connectivity index (χ0v) is 8.55. The third kappa shape index (κ3) is 1.87. The average molecular weight is 197 g/mol. The minimum absolute atomic E-state index is 0.366. The van der Waals surface area contributed by atoms with Gasteiger partial charge in [0.2, 0.25) is 0 Å². The Morgan fingerprint density at radius 2 is 1.93 bits per heavy atom. The molecular weight excluding hydrogens is 181 g/mol. The molecule has 14 heavy (non-hydrogen) atoms. The summed E-state index contributed by atoms with van der Waals surface area (Å²) in [7, 11) is 0.